The minimum atomic E-state index is -1.19. The van der Waals surface area contributed by atoms with Gasteiger partial charge in [-0.15, -0.1) is 0 Å². The number of fused-ring (bicyclic) bond motifs is 1. The molecule has 0 unspecified atom stereocenters. The van der Waals surface area contributed by atoms with E-state index in [0.29, 0.717) is 15.7 Å². The van der Waals surface area contributed by atoms with E-state index in [4.69, 9.17) is 27.9 Å². The van der Waals surface area contributed by atoms with E-state index in [1.165, 1.54) is 6.42 Å². The molecule has 2 bridgehead atoms. The van der Waals surface area contributed by atoms with Crippen LogP contribution in [0.3, 0.4) is 0 Å². The summed E-state index contributed by atoms with van der Waals surface area (Å²) in [6.45, 7) is 5.58. The molecule has 5 atom stereocenters. The van der Waals surface area contributed by atoms with E-state index in [2.05, 4.69) is 10.6 Å². The lowest BCUT2D eigenvalue weighted by atomic mass is 9.70. The standard InChI is InChI=1S/C26H31Cl2N3O4/c1-14(2)31-21(23(33)29-15-7-5-4-6-8-15)26-12-11-25(3,35-26)19(20(26)24(31)34)22(32)30-16-9-10-17(27)18(28)13-16/h9-15,19-21H,4-8H2,1-3H3,(H,29,33)(H,30,32)/t19-,20-,21-,25-,26-/m0/s1. The summed E-state index contributed by atoms with van der Waals surface area (Å²) in [5.41, 5.74) is -1.71. The van der Waals surface area contributed by atoms with Gasteiger partial charge in [-0.2, -0.15) is 0 Å². The second kappa shape index (κ2) is 8.79. The average Bonchev–Trinajstić information content (AvgIpc) is 3.37. The Morgan fingerprint density at radius 2 is 1.80 bits per heavy atom. The number of hydrogen-bond donors (Lipinski definition) is 2. The van der Waals surface area contributed by atoms with Crippen LogP contribution in [0, 0.1) is 11.8 Å². The topological polar surface area (TPSA) is 87.7 Å². The van der Waals surface area contributed by atoms with Crippen molar-refractivity contribution in [3.05, 3.63) is 40.4 Å². The molecule has 3 amide bonds. The van der Waals surface area contributed by atoms with Crippen molar-refractivity contribution in [1.82, 2.24) is 10.2 Å². The monoisotopic (exact) mass is 519 g/mol. The van der Waals surface area contributed by atoms with Crippen LogP contribution < -0.4 is 10.6 Å². The van der Waals surface area contributed by atoms with Gasteiger partial charge in [-0.3, -0.25) is 14.4 Å². The first-order chi connectivity index (χ1) is 16.6. The third kappa shape index (κ3) is 3.87. The normalized spacial score (nSPS) is 33.9. The molecule has 3 heterocycles. The molecule has 9 heteroatoms. The highest BCUT2D eigenvalue weighted by molar-refractivity contribution is 6.42. The first-order valence-electron chi connectivity index (χ1n) is 12.4. The first kappa shape index (κ1) is 24.6. The molecule has 5 rings (SSSR count). The number of ether oxygens (including phenoxy) is 1. The molecule has 188 valence electrons. The lowest BCUT2D eigenvalue weighted by Gasteiger charge is -2.36. The van der Waals surface area contributed by atoms with Gasteiger partial charge in [0.2, 0.25) is 17.7 Å². The van der Waals surface area contributed by atoms with Gasteiger partial charge in [0.15, 0.2) is 0 Å². The van der Waals surface area contributed by atoms with Crippen molar-refractivity contribution in [1.29, 1.82) is 0 Å². The number of nitrogens with one attached hydrogen (secondary N) is 2. The minimum Gasteiger partial charge on any atom is -0.356 e. The number of anilines is 1. The summed E-state index contributed by atoms with van der Waals surface area (Å²) in [7, 11) is 0. The number of benzene rings is 1. The van der Waals surface area contributed by atoms with Gasteiger partial charge in [0, 0.05) is 17.8 Å². The van der Waals surface area contributed by atoms with Crippen LogP contribution in [0.25, 0.3) is 0 Å². The second-order valence-corrected chi connectivity index (χ2v) is 11.4. The molecule has 2 saturated heterocycles. The number of halogens is 2. The molecule has 2 N–H and O–H groups in total. The van der Waals surface area contributed by atoms with Crippen molar-refractivity contribution >= 4 is 46.6 Å². The average molecular weight is 520 g/mol. The number of rotatable bonds is 5. The van der Waals surface area contributed by atoms with Crippen LogP contribution in [0.5, 0.6) is 0 Å². The number of nitrogens with zero attached hydrogens (tertiary/aromatic N) is 1. The van der Waals surface area contributed by atoms with Crippen LogP contribution in [-0.2, 0) is 19.1 Å². The summed E-state index contributed by atoms with van der Waals surface area (Å²) in [6, 6.07) is 3.87. The maximum Gasteiger partial charge on any atom is 0.246 e. The van der Waals surface area contributed by atoms with Gasteiger partial charge < -0.3 is 20.3 Å². The molecule has 1 aliphatic carbocycles. The molecular weight excluding hydrogens is 489 g/mol. The lowest BCUT2D eigenvalue weighted by Crippen LogP contribution is -2.58. The van der Waals surface area contributed by atoms with Crippen LogP contribution in [0.2, 0.25) is 10.0 Å². The fourth-order valence-electron chi connectivity index (χ4n) is 6.44. The Labute approximate surface area is 215 Å². The summed E-state index contributed by atoms with van der Waals surface area (Å²) in [6.07, 6.45) is 8.90. The summed E-state index contributed by atoms with van der Waals surface area (Å²) in [5, 5.41) is 6.77. The zero-order valence-corrected chi connectivity index (χ0v) is 21.7. The summed E-state index contributed by atoms with van der Waals surface area (Å²) in [5.74, 6) is -2.40. The van der Waals surface area contributed by atoms with Crippen molar-refractivity contribution in [3.63, 3.8) is 0 Å². The van der Waals surface area contributed by atoms with E-state index in [-0.39, 0.29) is 29.8 Å². The molecule has 0 radical (unpaired) electrons. The third-order valence-electron chi connectivity index (χ3n) is 7.96. The van der Waals surface area contributed by atoms with Crippen LogP contribution >= 0.6 is 23.2 Å². The van der Waals surface area contributed by atoms with Gasteiger partial charge in [0.25, 0.3) is 0 Å². The van der Waals surface area contributed by atoms with Crippen molar-refractivity contribution in [2.45, 2.75) is 82.2 Å². The van der Waals surface area contributed by atoms with Crippen LogP contribution in [0.1, 0.15) is 52.9 Å². The van der Waals surface area contributed by atoms with Gasteiger partial charge in [-0.1, -0.05) is 54.6 Å². The summed E-state index contributed by atoms with van der Waals surface area (Å²) >= 11 is 12.1. The third-order valence-corrected chi connectivity index (χ3v) is 8.70. The smallest absolute Gasteiger partial charge is 0.246 e. The Balaban J connectivity index is 1.47. The minimum absolute atomic E-state index is 0.0998. The Morgan fingerprint density at radius 1 is 1.09 bits per heavy atom. The number of carbonyl (C=O) groups excluding carboxylic acids is 3. The van der Waals surface area contributed by atoms with E-state index in [9.17, 15) is 14.4 Å². The highest BCUT2D eigenvalue weighted by Crippen LogP contribution is 2.60. The quantitative estimate of drug-likeness (QED) is 0.566. The number of likely N-dealkylation sites (tertiary alicyclic amines) is 1. The second-order valence-electron chi connectivity index (χ2n) is 10.6. The van der Waals surface area contributed by atoms with E-state index in [0.717, 1.165) is 25.7 Å². The fourth-order valence-corrected chi connectivity index (χ4v) is 6.74. The molecule has 3 aliphatic heterocycles. The molecule has 1 saturated carbocycles. The van der Waals surface area contributed by atoms with E-state index < -0.39 is 29.1 Å². The summed E-state index contributed by atoms with van der Waals surface area (Å²) < 4.78 is 6.52. The van der Waals surface area contributed by atoms with Gasteiger partial charge >= 0.3 is 0 Å². The number of hydrogen-bond acceptors (Lipinski definition) is 4. The first-order valence-corrected chi connectivity index (χ1v) is 13.1. The molecule has 3 fully saturated rings. The maximum atomic E-state index is 13.8. The molecule has 1 spiro atoms. The van der Waals surface area contributed by atoms with Crippen LogP contribution in [0.4, 0.5) is 5.69 Å². The SMILES string of the molecule is CC(C)N1C(=O)[C@@H]2[C@@H](C(=O)Nc3ccc(Cl)c(Cl)c3)[C@]3(C)C=C[C@@]2(O3)[C@@H]1C(=O)NC1CCCCC1. The van der Waals surface area contributed by atoms with Crippen molar-refractivity contribution in [3.8, 4) is 0 Å². The largest absolute Gasteiger partial charge is 0.356 e. The summed E-state index contributed by atoms with van der Waals surface area (Å²) in [4.78, 5) is 42.7. The van der Waals surface area contributed by atoms with Crippen molar-refractivity contribution in [2.24, 2.45) is 11.8 Å². The molecular formula is C26H31Cl2N3O4. The van der Waals surface area contributed by atoms with Gasteiger partial charge in [0.05, 0.1) is 27.5 Å². The Kier molecular flexibility index (Phi) is 6.17. The van der Waals surface area contributed by atoms with E-state index in [1.807, 2.05) is 26.0 Å². The maximum absolute atomic E-state index is 13.8. The van der Waals surface area contributed by atoms with Crippen molar-refractivity contribution < 1.29 is 19.1 Å². The molecule has 1 aromatic rings. The molecule has 4 aliphatic rings. The highest BCUT2D eigenvalue weighted by Gasteiger charge is 2.76. The fraction of sp³-hybridized carbons (Fsp3) is 0.577. The Hall–Kier alpha value is -2.09. The zero-order chi connectivity index (χ0) is 25.1. The Bertz CT molecular complexity index is 1100. The number of carbonyl (C=O) groups is 3. The molecule has 0 aromatic heterocycles. The molecule has 7 nitrogen and oxygen atoms in total. The van der Waals surface area contributed by atoms with E-state index >= 15 is 0 Å². The predicted molar refractivity (Wildman–Crippen MR) is 134 cm³/mol. The van der Waals surface area contributed by atoms with Gasteiger partial charge in [0.1, 0.15) is 11.6 Å². The van der Waals surface area contributed by atoms with Crippen LogP contribution in [0.15, 0.2) is 30.4 Å². The van der Waals surface area contributed by atoms with Gasteiger partial charge in [-0.05, 0) is 51.8 Å². The molecule has 35 heavy (non-hydrogen) atoms. The zero-order valence-electron chi connectivity index (χ0n) is 20.1. The van der Waals surface area contributed by atoms with E-state index in [1.54, 1.807) is 30.0 Å². The number of amides is 3. The molecule has 1 aromatic carbocycles. The van der Waals surface area contributed by atoms with Crippen molar-refractivity contribution in [2.75, 3.05) is 5.32 Å². The lowest BCUT2D eigenvalue weighted by molar-refractivity contribution is -0.146. The Morgan fingerprint density at radius 3 is 2.46 bits per heavy atom. The highest BCUT2D eigenvalue weighted by atomic mass is 35.5. The van der Waals surface area contributed by atoms with Crippen LogP contribution in [-0.4, -0.2) is 51.9 Å². The van der Waals surface area contributed by atoms with Gasteiger partial charge in [-0.25, -0.2) is 0 Å². The predicted octanol–water partition coefficient (Wildman–Crippen LogP) is 4.33.